The number of nitrogen functional groups attached to an aromatic ring is 1. The van der Waals surface area contributed by atoms with Crippen LogP contribution in [0.3, 0.4) is 0 Å². The summed E-state index contributed by atoms with van der Waals surface area (Å²) in [6, 6.07) is 5.34. The zero-order valence-electron chi connectivity index (χ0n) is 11.8. The number of thiophene rings is 1. The minimum atomic E-state index is -0.853. The van der Waals surface area contributed by atoms with E-state index in [0.29, 0.717) is 27.8 Å². The van der Waals surface area contributed by atoms with Gasteiger partial charge < -0.3 is 11.1 Å². The summed E-state index contributed by atoms with van der Waals surface area (Å²) in [5.41, 5.74) is 6.53. The van der Waals surface area contributed by atoms with E-state index in [4.69, 9.17) is 17.3 Å². The number of hydrogen-bond acceptors (Lipinski definition) is 4. The van der Waals surface area contributed by atoms with E-state index in [1.807, 2.05) is 13.0 Å². The third kappa shape index (κ3) is 3.96. The van der Waals surface area contributed by atoms with Gasteiger partial charge in [-0.15, -0.1) is 11.3 Å². The molecule has 21 heavy (non-hydrogen) atoms. The summed E-state index contributed by atoms with van der Waals surface area (Å²) in [6.07, 6.45) is 2.33. The number of hydrogen-bond donors (Lipinski definition) is 2. The predicted octanol–water partition coefficient (Wildman–Crippen LogP) is 3.02. The van der Waals surface area contributed by atoms with Crippen molar-refractivity contribution in [2.75, 3.05) is 17.7 Å². The van der Waals surface area contributed by atoms with Gasteiger partial charge in [0.15, 0.2) is 0 Å². The number of nitrogens with one attached hydrogen (secondary N) is 1. The van der Waals surface area contributed by atoms with E-state index < -0.39 is 10.8 Å². The highest BCUT2D eigenvalue weighted by Gasteiger charge is 2.18. The van der Waals surface area contributed by atoms with Gasteiger partial charge in [-0.2, -0.15) is 0 Å². The van der Waals surface area contributed by atoms with Gasteiger partial charge >= 0.3 is 0 Å². The van der Waals surface area contributed by atoms with Gasteiger partial charge in [0.05, 0.1) is 5.69 Å². The van der Waals surface area contributed by atoms with Crippen LogP contribution in [0.5, 0.6) is 0 Å². The third-order valence-corrected chi connectivity index (χ3v) is 5.33. The van der Waals surface area contributed by atoms with Crippen molar-refractivity contribution in [2.24, 2.45) is 0 Å². The third-order valence-electron chi connectivity index (χ3n) is 3.11. The molecule has 0 aliphatic heterocycles. The molecular weight excluding hydrogens is 328 g/mol. The second kappa shape index (κ2) is 6.77. The van der Waals surface area contributed by atoms with Crippen LogP contribution in [0.1, 0.15) is 23.0 Å². The van der Waals surface area contributed by atoms with Gasteiger partial charge in [0.25, 0.3) is 5.91 Å². The summed E-state index contributed by atoms with van der Waals surface area (Å²) in [6.45, 7) is 1.89. The highest BCUT2D eigenvalue weighted by molar-refractivity contribution is 7.84. The van der Waals surface area contributed by atoms with Crippen LogP contribution in [0.15, 0.2) is 18.2 Å². The molecule has 4 nitrogen and oxygen atoms in total. The molecule has 2 aromatic rings. The van der Waals surface area contributed by atoms with Gasteiger partial charge in [-0.25, -0.2) is 0 Å². The smallest absolute Gasteiger partial charge is 0.263 e. The Bertz CT molecular complexity index is 700. The molecule has 0 spiro atoms. The van der Waals surface area contributed by atoms with E-state index in [-0.39, 0.29) is 11.9 Å². The van der Waals surface area contributed by atoms with Crippen LogP contribution in [0.4, 0.5) is 5.69 Å². The van der Waals surface area contributed by atoms with E-state index in [0.717, 1.165) is 10.1 Å². The Kier molecular flexibility index (Phi) is 5.24. The number of benzene rings is 1. The van der Waals surface area contributed by atoms with Crippen molar-refractivity contribution in [3.8, 4) is 0 Å². The fourth-order valence-corrected chi connectivity index (χ4v) is 3.95. The van der Waals surface area contributed by atoms with Gasteiger partial charge in [-0.05, 0) is 31.5 Å². The van der Waals surface area contributed by atoms with Gasteiger partial charge in [-0.1, -0.05) is 11.6 Å². The first-order valence-corrected chi connectivity index (χ1v) is 9.39. The molecule has 2 atom stereocenters. The van der Waals surface area contributed by atoms with E-state index in [2.05, 4.69) is 5.32 Å². The molecule has 1 aromatic carbocycles. The van der Waals surface area contributed by atoms with Gasteiger partial charge in [0.1, 0.15) is 4.88 Å². The largest absolute Gasteiger partial charge is 0.397 e. The molecule has 0 bridgehead atoms. The van der Waals surface area contributed by atoms with Crippen LogP contribution in [-0.2, 0) is 10.8 Å². The highest BCUT2D eigenvalue weighted by atomic mass is 35.5. The van der Waals surface area contributed by atoms with E-state index in [9.17, 15) is 9.00 Å². The average molecular weight is 345 g/mol. The molecule has 0 aliphatic rings. The van der Waals surface area contributed by atoms with Gasteiger partial charge in [0.2, 0.25) is 0 Å². The summed E-state index contributed by atoms with van der Waals surface area (Å²) < 4.78 is 12.0. The van der Waals surface area contributed by atoms with E-state index in [1.54, 1.807) is 18.4 Å². The Labute approximate surface area is 135 Å². The van der Waals surface area contributed by atoms with Crippen molar-refractivity contribution < 1.29 is 9.00 Å². The van der Waals surface area contributed by atoms with Gasteiger partial charge in [-0.3, -0.25) is 9.00 Å². The molecule has 1 aromatic heterocycles. The maximum atomic E-state index is 12.3. The van der Waals surface area contributed by atoms with Crippen LogP contribution in [0.25, 0.3) is 10.1 Å². The zero-order valence-corrected chi connectivity index (χ0v) is 14.2. The molecule has 2 rings (SSSR count). The van der Waals surface area contributed by atoms with E-state index in [1.165, 1.54) is 11.3 Å². The lowest BCUT2D eigenvalue weighted by Gasteiger charge is -2.12. The summed E-state index contributed by atoms with van der Waals surface area (Å²) >= 11 is 7.28. The fraction of sp³-hybridized carbons (Fsp3) is 0.357. The Balaban J connectivity index is 2.16. The van der Waals surface area contributed by atoms with Crippen molar-refractivity contribution in [1.29, 1.82) is 0 Å². The number of carbonyl (C=O) groups is 1. The second-order valence-electron chi connectivity index (χ2n) is 4.93. The normalized spacial score (nSPS) is 14.0. The topological polar surface area (TPSA) is 72.2 Å². The molecule has 0 aliphatic carbocycles. The molecule has 0 saturated heterocycles. The molecule has 0 radical (unpaired) electrons. The Hall–Kier alpha value is -1.11. The quantitative estimate of drug-likeness (QED) is 0.875. The number of halogens is 1. The number of rotatable bonds is 5. The lowest BCUT2D eigenvalue weighted by Crippen LogP contribution is -2.33. The van der Waals surface area contributed by atoms with Crippen LogP contribution in [-0.4, -0.2) is 28.2 Å². The van der Waals surface area contributed by atoms with E-state index >= 15 is 0 Å². The SMILES string of the molecule is CC(CCS(C)=O)NC(=O)c1sc2cc(Cl)ccc2c1N. The Morgan fingerprint density at radius 2 is 2.24 bits per heavy atom. The molecule has 3 N–H and O–H groups in total. The van der Waals surface area contributed by atoms with Crippen molar-refractivity contribution in [2.45, 2.75) is 19.4 Å². The Morgan fingerprint density at radius 1 is 1.52 bits per heavy atom. The summed E-state index contributed by atoms with van der Waals surface area (Å²) in [7, 11) is -0.853. The lowest BCUT2D eigenvalue weighted by molar-refractivity contribution is 0.0944. The Morgan fingerprint density at radius 3 is 2.90 bits per heavy atom. The number of fused-ring (bicyclic) bond motifs is 1. The fourth-order valence-electron chi connectivity index (χ4n) is 1.96. The molecule has 1 heterocycles. The monoisotopic (exact) mass is 344 g/mol. The van der Waals surface area contributed by atoms with Gasteiger partial charge in [0, 0.05) is 44.0 Å². The van der Waals surface area contributed by atoms with Crippen molar-refractivity contribution >= 4 is 55.4 Å². The lowest BCUT2D eigenvalue weighted by atomic mass is 10.2. The van der Waals surface area contributed by atoms with Crippen molar-refractivity contribution in [3.05, 3.63) is 28.1 Å². The second-order valence-corrected chi connectivity index (χ2v) is 7.97. The van der Waals surface area contributed by atoms with Crippen LogP contribution < -0.4 is 11.1 Å². The molecule has 7 heteroatoms. The van der Waals surface area contributed by atoms with Crippen LogP contribution >= 0.6 is 22.9 Å². The molecule has 0 saturated carbocycles. The summed E-state index contributed by atoms with van der Waals surface area (Å²) in [4.78, 5) is 12.8. The first-order chi connectivity index (χ1) is 9.88. The molecule has 114 valence electrons. The number of nitrogens with two attached hydrogens (primary N) is 1. The molecule has 0 fully saturated rings. The highest BCUT2D eigenvalue weighted by Crippen LogP contribution is 2.35. The summed E-state index contributed by atoms with van der Waals surface area (Å²) in [5, 5.41) is 4.36. The molecular formula is C14H17ClN2O2S2. The van der Waals surface area contributed by atoms with Crippen LogP contribution in [0.2, 0.25) is 5.02 Å². The standard InChI is InChI=1S/C14H17ClN2O2S2/c1-8(5-6-21(2)19)17-14(18)13-12(16)10-4-3-9(15)7-11(10)20-13/h3-4,7-8H,5-6,16H2,1-2H3,(H,17,18). The minimum absolute atomic E-state index is 0.0467. The maximum absolute atomic E-state index is 12.3. The van der Waals surface area contributed by atoms with Crippen molar-refractivity contribution in [1.82, 2.24) is 5.32 Å². The predicted molar refractivity (Wildman–Crippen MR) is 91.7 cm³/mol. The first-order valence-electron chi connectivity index (χ1n) is 6.47. The maximum Gasteiger partial charge on any atom is 0.263 e. The average Bonchev–Trinajstić information content (AvgIpc) is 2.73. The first kappa shape index (κ1) is 16.3. The number of amides is 1. The molecule has 2 unspecified atom stereocenters. The number of anilines is 1. The zero-order chi connectivity index (χ0) is 15.6. The minimum Gasteiger partial charge on any atom is -0.397 e. The van der Waals surface area contributed by atoms with Crippen molar-refractivity contribution in [3.63, 3.8) is 0 Å². The van der Waals surface area contributed by atoms with Crippen LogP contribution in [0, 0.1) is 0 Å². The summed E-state index contributed by atoms with van der Waals surface area (Å²) in [5.74, 6) is 0.373. The molecule has 1 amide bonds. The number of carbonyl (C=O) groups excluding carboxylic acids is 1.